The van der Waals surface area contributed by atoms with Crippen LogP contribution in [0.5, 0.6) is 0 Å². The summed E-state index contributed by atoms with van der Waals surface area (Å²) in [6, 6.07) is 49.7. The van der Waals surface area contributed by atoms with Gasteiger partial charge in [-0.05, 0) is 109 Å². The number of fused-ring (bicyclic) bond motifs is 12. The molecule has 2 aliphatic carbocycles. The van der Waals surface area contributed by atoms with Gasteiger partial charge >= 0.3 is 0 Å². The summed E-state index contributed by atoms with van der Waals surface area (Å²) in [6.45, 7) is 2.42. The van der Waals surface area contributed by atoms with Crippen LogP contribution in [-0.2, 0) is 5.41 Å². The molecule has 2 aliphatic rings. The summed E-state index contributed by atoms with van der Waals surface area (Å²) >= 11 is 1.79. The summed E-state index contributed by atoms with van der Waals surface area (Å²) in [5.41, 5.74) is 13.9. The highest BCUT2D eigenvalue weighted by molar-refractivity contribution is 7.21. The predicted octanol–water partition coefficient (Wildman–Crippen LogP) is 11.3. The van der Waals surface area contributed by atoms with E-state index in [0.29, 0.717) is 0 Å². The summed E-state index contributed by atoms with van der Waals surface area (Å²) < 4.78 is 1.22. The molecule has 0 N–H and O–H groups in total. The standard InChI is InChI=1S/C41H25NS/c1-41-25-12-10-11-24(21-25)26-13-2-3-15-28(26)38-29-16-4-5-17-30(29)39(40-42-36-19-8-9-20-37(36)43-40)32-22-31(35(41)23-33(32)38)27-14-6-7-18-34(27)41/h2-23H,1H3. The molecular formula is C41H25NS. The molecular weight excluding hydrogens is 539 g/mol. The SMILES string of the molecule is CC12c3cccc(c3)-c3ccccc3-c3c4ccccc4c(-c4nc5ccccc5s4)c4cc(c1cc34)-c1ccccc12. The number of benzene rings is 7. The molecule has 1 heterocycles. The Morgan fingerprint density at radius 1 is 0.512 bits per heavy atom. The quantitative estimate of drug-likeness (QED) is 0.181. The molecule has 0 saturated carbocycles. The fraction of sp³-hybridized carbons (Fsp3) is 0.0488. The molecule has 10 rings (SSSR count). The smallest absolute Gasteiger partial charge is 0.125 e. The van der Waals surface area contributed by atoms with Crippen molar-refractivity contribution in [3.8, 4) is 44.0 Å². The third-order valence-corrected chi connectivity index (χ3v) is 11.0. The average Bonchev–Trinajstić information content (AvgIpc) is 3.60. The molecule has 43 heavy (non-hydrogen) atoms. The largest absolute Gasteiger partial charge is 0.236 e. The van der Waals surface area contributed by atoms with E-state index >= 15 is 0 Å². The fourth-order valence-corrected chi connectivity index (χ4v) is 8.96. The molecule has 1 atom stereocenters. The number of thiazole rings is 1. The van der Waals surface area contributed by atoms with Gasteiger partial charge in [-0.3, -0.25) is 0 Å². The lowest BCUT2D eigenvalue weighted by Gasteiger charge is -2.30. The summed E-state index contributed by atoms with van der Waals surface area (Å²) in [4.78, 5) is 5.23. The van der Waals surface area contributed by atoms with Gasteiger partial charge in [0.1, 0.15) is 5.01 Å². The number of hydrogen-bond acceptors (Lipinski definition) is 2. The third kappa shape index (κ3) is 2.99. The van der Waals surface area contributed by atoms with Crippen molar-refractivity contribution in [3.63, 3.8) is 0 Å². The molecule has 0 radical (unpaired) electrons. The molecule has 1 aromatic heterocycles. The molecule has 2 heteroatoms. The first kappa shape index (κ1) is 23.5. The summed E-state index contributed by atoms with van der Waals surface area (Å²) in [7, 11) is 0. The van der Waals surface area contributed by atoms with Crippen molar-refractivity contribution < 1.29 is 0 Å². The summed E-state index contributed by atoms with van der Waals surface area (Å²) in [5, 5.41) is 6.16. The zero-order chi connectivity index (χ0) is 28.3. The van der Waals surface area contributed by atoms with Gasteiger partial charge in [-0.25, -0.2) is 4.98 Å². The van der Waals surface area contributed by atoms with Gasteiger partial charge < -0.3 is 0 Å². The molecule has 1 nitrogen and oxygen atoms in total. The van der Waals surface area contributed by atoms with Gasteiger partial charge in [0.2, 0.25) is 0 Å². The van der Waals surface area contributed by atoms with Crippen LogP contribution in [0, 0.1) is 0 Å². The zero-order valence-electron chi connectivity index (χ0n) is 23.6. The van der Waals surface area contributed by atoms with Crippen LogP contribution in [0.15, 0.2) is 133 Å². The van der Waals surface area contributed by atoms with E-state index in [1.54, 1.807) is 11.3 Å². The summed E-state index contributed by atoms with van der Waals surface area (Å²) in [6.07, 6.45) is 0. The van der Waals surface area contributed by atoms with E-state index < -0.39 is 0 Å². The van der Waals surface area contributed by atoms with Gasteiger partial charge in [0.15, 0.2) is 0 Å². The van der Waals surface area contributed by atoms with E-state index in [1.807, 2.05) is 0 Å². The fourth-order valence-electron chi connectivity index (χ4n) is 7.92. The normalized spacial score (nSPS) is 16.1. The number of hydrogen-bond donors (Lipinski definition) is 0. The van der Waals surface area contributed by atoms with E-state index in [2.05, 4.69) is 140 Å². The molecule has 8 aromatic rings. The lowest BCUT2D eigenvalue weighted by Crippen LogP contribution is -2.22. The topological polar surface area (TPSA) is 12.9 Å². The maximum Gasteiger partial charge on any atom is 0.125 e. The highest BCUT2D eigenvalue weighted by Gasteiger charge is 2.42. The Hall–Kier alpha value is -5.05. The molecule has 0 saturated heterocycles. The van der Waals surface area contributed by atoms with Gasteiger partial charge in [0, 0.05) is 11.0 Å². The second kappa shape index (κ2) is 8.28. The van der Waals surface area contributed by atoms with Crippen molar-refractivity contribution in [2.75, 3.05) is 0 Å². The van der Waals surface area contributed by atoms with Crippen molar-refractivity contribution in [2.24, 2.45) is 0 Å². The molecule has 200 valence electrons. The van der Waals surface area contributed by atoms with Crippen LogP contribution in [0.4, 0.5) is 0 Å². The Morgan fingerprint density at radius 3 is 2.07 bits per heavy atom. The Labute approximate surface area is 253 Å². The van der Waals surface area contributed by atoms with E-state index in [9.17, 15) is 0 Å². The lowest BCUT2D eigenvalue weighted by molar-refractivity contribution is 0.715. The van der Waals surface area contributed by atoms with Crippen LogP contribution in [0.1, 0.15) is 23.6 Å². The molecule has 0 spiro atoms. The van der Waals surface area contributed by atoms with Gasteiger partial charge in [-0.15, -0.1) is 11.3 Å². The van der Waals surface area contributed by atoms with E-state index in [4.69, 9.17) is 4.98 Å². The average molecular weight is 564 g/mol. The Morgan fingerprint density at radius 2 is 1.21 bits per heavy atom. The van der Waals surface area contributed by atoms with Crippen LogP contribution in [0.2, 0.25) is 0 Å². The second-order valence-corrected chi connectivity index (χ2v) is 13.1. The second-order valence-electron chi connectivity index (χ2n) is 12.0. The van der Waals surface area contributed by atoms with Crippen LogP contribution in [0.3, 0.4) is 0 Å². The Balaban J connectivity index is 1.48. The predicted molar refractivity (Wildman–Crippen MR) is 182 cm³/mol. The molecule has 7 aromatic carbocycles. The van der Waals surface area contributed by atoms with Gasteiger partial charge in [-0.2, -0.15) is 0 Å². The number of para-hydroxylation sites is 1. The van der Waals surface area contributed by atoms with Crippen LogP contribution in [-0.4, -0.2) is 4.98 Å². The molecule has 0 fully saturated rings. The van der Waals surface area contributed by atoms with Crippen molar-refractivity contribution in [1.82, 2.24) is 4.98 Å². The highest BCUT2D eigenvalue weighted by Crippen LogP contribution is 2.57. The van der Waals surface area contributed by atoms with Crippen molar-refractivity contribution in [2.45, 2.75) is 12.3 Å². The Kier molecular flexibility index (Phi) is 4.53. The van der Waals surface area contributed by atoms with Crippen molar-refractivity contribution >= 4 is 43.1 Å². The molecule has 4 bridgehead atoms. The zero-order valence-corrected chi connectivity index (χ0v) is 24.4. The van der Waals surface area contributed by atoms with Gasteiger partial charge in [-0.1, -0.05) is 103 Å². The first-order chi connectivity index (χ1) is 21.2. The number of aromatic nitrogens is 1. The monoisotopic (exact) mass is 563 g/mol. The molecule has 1 unspecified atom stereocenters. The highest BCUT2D eigenvalue weighted by atomic mass is 32.1. The van der Waals surface area contributed by atoms with Crippen molar-refractivity contribution in [1.29, 1.82) is 0 Å². The van der Waals surface area contributed by atoms with E-state index in [0.717, 1.165) is 10.5 Å². The summed E-state index contributed by atoms with van der Waals surface area (Å²) in [5.74, 6) is 0. The van der Waals surface area contributed by atoms with Crippen LogP contribution in [0.25, 0.3) is 75.7 Å². The number of rotatable bonds is 1. The number of nitrogens with zero attached hydrogens (tertiary/aromatic N) is 1. The minimum absolute atomic E-state index is 0.263. The maximum absolute atomic E-state index is 5.23. The maximum atomic E-state index is 5.23. The van der Waals surface area contributed by atoms with Crippen LogP contribution >= 0.6 is 11.3 Å². The first-order valence-corrected chi connectivity index (χ1v) is 15.7. The Bertz CT molecular complexity index is 2450. The van der Waals surface area contributed by atoms with E-state index in [1.165, 1.54) is 81.9 Å². The van der Waals surface area contributed by atoms with Crippen molar-refractivity contribution in [3.05, 3.63) is 150 Å². The minimum atomic E-state index is -0.263. The van der Waals surface area contributed by atoms with Gasteiger partial charge in [0.25, 0.3) is 0 Å². The first-order valence-electron chi connectivity index (χ1n) is 14.9. The molecule has 0 aliphatic heterocycles. The van der Waals surface area contributed by atoms with Gasteiger partial charge in [0.05, 0.1) is 10.2 Å². The lowest BCUT2D eigenvalue weighted by atomic mass is 9.72. The third-order valence-electron chi connectivity index (χ3n) is 9.91. The van der Waals surface area contributed by atoms with Crippen LogP contribution < -0.4 is 0 Å². The minimum Gasteiger partial charge on any atom is -0.236 e. The van der Waals surface area contributed by atoms with E-state index in [-0.39, 0.29) is 5.41 Å². The molecule has 0 amide bonds.